The van der Waals surface area contributed by atoms with Gasteiger partial charge in [-0.15, -0.1) is 24.8 Å². The fourth-order valence-corrected chi connectivity index (χ4v) is 3.99. The van der Waals surface area contributed by atoms with Crippen LogP contribution in [-0.4, -0.2) is 27.2 Å². The molecule has 32 heavy (non-hydrogen) atoms. The van der Waals surface area contributed by atoms with Crippen molar-refractivity contribution in [2.24, 2.45) is 0 Å². The average molecular weight is 494 g/mol. The molecular formula is C23H23Cl3N4O2. The number of ether oxygens (including phenoxy) is 1. The number of hydrogen-bond acceptors (Lipinski definition) is 4. The largest absolute Gasteiger partial charge is 0.487 e. The van der Waals surface area contributed by atoms with E-state index in [1.165, 1.54) is 17.3 Å². The van der Waals surface area contributed by atoms with Crippen LogP contribution >= 0.6 is 36.4 Å². The highest BCUT2D eigenvalue weighted by atomic mass is 35.5. The Morgan fingerprint density at radius 3 is 2.72 bits per heavy atom. The summed E-state index contributed by atoms with van der Waals surface area (Å²) in [6.45, 7) is 3.21. The highest BCUT2D eigenvalue weighted by Crippen LogP contribution is 2.24. The van der Waals surface area contributed by atoms with Crippen LogP contribution in [0.2, 0.25) is 5.02 Å². The molecule has 9 heteroatoms. The Hall–Kier alpha value is -2.51. The predicted molar refractivity (Wildman–Crippen MR) is 132 cm³/mol. The molecule has 0 amide bonds. The van der Waals surface area contributed by atoms with E-state index in [0.29, 0.717) is 10.8 Å². The van der Waals surface area contributed by atoms with Gasteiger partial charge in [0.05, 0.1) is 10.7 Å². The summed E-state index contributed by atoms with van der Waals surface area (Å²) < 4.78 is 9.71. The first-order chi connectivity index (χ1) is 14.7. The van der Waals surface area contributed by atoms with Crippen LogP contribution in [0.15, 0.2) is 65.7 Å². The van der Waals surface area contributed by atoms with Crippen LogP contribution in [0.3, 0.4) is 0 Å². The second-order valence-corrected chi connectivity index (χ2v) is 7.79. The van der Waals surface area contributed by atoms with Gasteiger partial charge in [0, 0.05) is 66.8 Å². The van der Waals surface area contributed by atoms with E-state index in [1.807, 2.05) is 6.07 Å². The van der Waals surface area contributed by atoms with Crippen LogP contribution in [0.25, 0.3) is 16.6 Å². The van der Waals surface area contributed by atoms with Gasteiger partial charge < -0.3 is 14.6 Å². The zero-order chi connectivity index (χ0) is 20.5. The summed E-state index contributed by atoms with van der Waals surface area (Å²) in [5.74, 6) is 0.511. The fraction of sp³-hybridized carbons (Fsp3) is 0.217. The summed E-state index contributed by atoms with van der Waals surface area (Å²) in [5.41, 5.74) is 4.00. The Bertz CT molecular complexity index is 1270. The molecular weight excluding hydrogens is 471 g/mol. The Balaban J connectivity index is 0.00000144. The van der Waals surface area contributed by atoms with Gasteiger partial charge in [-0.1, -0.05) is 11.6 Å². The standard InChI is InChI=1S/C23H21ClN4O2.2ClH/c24-17-1-2-18(26-14-17)15-30-21-6-9-28(23(29)13-21)19-3-4-22-16(11-19)12-20-5-7-25-8-10-27(20)22;;/h1-4,6,9,11-14,25H,5,7-8,10,15H2;2*1H. The first-order valence-electron chi connectivity index (χ1n) is 9.96. The third kappa shape index (κ3) is 4.94. The smallest absolute Gasteiger partial charge is 0.258 e. The molecule has 0 bridgehead atoms. The van der Waals surface area contributed by atoms with Gasteiger partial charge in [0.2, 0.25) is 0 Å². The van der Waals surface area contributed by atoms with E-state index in [4.69, 9.17) is 16.3 Å². The van der Waals surface area contributed by atoms with Gasteiger partial charge in [-0.25, -0.2) is 0 Å². The van der Waals surface area contributed by atoms with E-state index >= 15 is 0 Å². The highest BCUT2D eigenvalue weighted by Gasteiger charge is 2.12. The van der Waals surface area contributed by atoms with Crippen molar-refractivity contribution in [3.63, 3.8) is 0 Å². The van der Waals surface area contributed by atoms with E-state index in [0.717, 1.165) is 42.8 Å². The van der Waals surface area contributed by atoms with Crippen LogP contribution in [0, 0.1) is 0 Å². The molecule has 1 aliphatic rings. The lowest BCUT2D eigenvalue weighted by Gasteiger charge is -2.10. The van der Waals surface area contributed by atoms with Gasteiger partial charge in [0.1, 0.15) is 12.4 Å². The molecule has 0 saturated carbocycles. The number of rotatable bonds is 4. The summed E-state index contributed by atoms with van der Waals surface area (Å²) in [7, 11) is 0. The zero-order valence-corrected chi connectivity index (χ0v) is 19.6. The maximum Gasteiger partial charge on any atom is 0.258 e. The van der Waals surface area contributed by atoms with Crippen molar-refractivity contribution < 1.29 is 4.74 Å². The van der Waals surface area contributed by atoms with Crippen molar-refractivity contribution in [1.82, 2.24) is 19.4 Å². The Labute approximate surface area is 203 Å². The number of pyridine rings is 2. The number of fused-ring (bicyclic) bond motifs is 3. The first kappa shape index (κ1) is 24.1. The van der Waals surface area contributed by atoms with E-state index < -0.39 is 0 Å². The summed E-state index contributed by atoms with van der Waals surface area (Å²) in [6, 6.07) is 15.3. The second kappa shape index (κ2) is 10.4. The second-order valence-electron chi connectivity index (χ2n) is 7.36. The van der Waals surface area contributed by atoms with Gasteiger partial charge in [-0.2, -0.15) is 0 Å². The van der Waals surface area contributed by atoms with Gasteiger partial charge in [-0.3, -0.25) is 14.3 Å². The average Bonchev–Trinajstić information content (AvgIpc) is 2.93. The molecule has 1 aliphatic heterocycles. The summed E-state index contributed by atoms with van der Waals surface area (Å²) in [4.78, 5) is 16.9. The van der Waals surface area contributed by atoms with Crippen molar-refractivity contribution >= 4 is 47.3 Å². The lowest BCUT2D eigenvalue weighted by atomic mass is 10.2. The topological polar surface area (TPSA) is 61.1 Å². The molecule has 168 valence electrons. The molecule has 0 spiro atoms. The zero-order valence-electron chi connectivity index (χ0n) is 17.2. The van der Waals surface area contributed by atoms with Gasteiger partial charge in [0.25, 0.3) is 5.56 Å². The van der Waals surface area contributed by atoms with Crippen LogP contribution in [0.4, 0.5) is 0 Å². The third-order valence-electron chi connectivity index (χ3n) is 5.39. The van der Waals surface area contributed by atoms with Crippen molar-refractivity contribution in [1.29, 1.82) is 0 Å². The molecule has 6 nitrogen and oxygen atoms in total. The number of aromatic nitrogens is 3. The molecule has 3 aromatic heterocycles. The van der Waals surface area contributed by atoms with Crippen molar-refractivity contribution in [2.45, 2.75) is 19.6 Å². The predicted octanol–water partition coefficient (Wildman–Crippen LogP) is 4.41. The third-order valence-corrected chi connectivity index (χ3v) is 5.61. The minimum Gasteiger partial charge on any atom is -0.487 e. The number of benzene rings is 1. The molecule has 1 aromatic carbocycles. The molecule has 0 fully saturated rings. The SMILES string of the molecule is Cl.Cl.O=c1cc(OCc2ccc(Cl)cn2)ccn1-c1ccc2c(c1)cc1n2CCNCC1. The van der Waals surface area contributed by atoms with Gasteiger partial charge in [0.15, 0.2) is 0 Å². The van der Waals surface area contributed by atoms with Crippen LogP contribution in [0.5, 0.6) is 5.75 Å². The van der Waals surface area contributed by atoms with E-state index in [-0.39, 0.29) is 37.0 Å². The van der Waals surface area contributed by atoms with Crippen molar-refractivity contribution in [2.75, 3.05) is 13.1 Å². The summed E-state index contributed by atoms with van der Waals surface area (Å²) in [6.07, 6.45) is 4.34. The number of halogens is 3. The van der Waals surface area contributed by atoms with E-state index in [1.54, 1.807) is 35.2 Å². The maximum absolute atomic E-state index is 12.7. The maximum atomic E-state index is 12.7. The summed E-state index contributed by atoms with van der Waals surface area (Å²) in [5, 5.41) is 5.17. The fourth-order valence-electron chi connectivity index (χ4n) is 3.88. The Morgan fingerprint density at radius 2 is 1.94 bits per heavy atom. The van der Waals surface area contributed by atoms with Crippen molar-refractivity contribution in [3.8, 4) is 11.4 Å². The van der Waals surface area contributed by atoms with Crippen LogP contribution in [0.1, 0.15) is 11.4 Å². The van der Waals surface area contributed by atoms with Gasteiger partial charge >= 0.3 is 0 Å². The molecule has 5 rings (SSSR count). The molecule has 0 radical (unpaired) electrons. The molecule has 0 saturated heterocycles. The quantitative estimate of drug-likeness (QED) is 0.457. The Kier molecular flexibility index (Phi) is 7.85. The first-order valence-corrected chi connectivity index (χ1v) is 10.3. The lowest BCUT2D eigenvalue weighted by Crippen LogP contribution is -2.17. The minimum absolute atomic E-state index is 0. The van der Waals surface area contributed by atoms with E-state index in [9.17, 15) is 4.79 Å². The van der Waals surface area contributed by atoms with Gasteiger partial charge in [-0.05, 0) is 42.5 Å². The molecule has 0 unspecified atom stereocenters. The summed E-state index contributed by atoms with van der Waals surface area (Å²) >= 11 is 5.85. The van der Waals surface area contributed by atoms with Crippen molar-refractivity contribution in [3.05, 3.63) is 87.7 Å². The van der Waals surface area contributed by atoms with Crippen LogP contribution in [-0.2, 0) is 19.6 Å². The highest BCUT2D eigenvalue weighted by molar-refractivity contribution is 6.30. The molecule has 0 aliphatic carbocycles. The Morgan fingerprint density at radius 1 is 1.06 bits per heavy atom. The van der Waals surface area contributed by atoms with Crippen LogP contribution < -0.4 is 15.6 Å². The molecule has 4 heterocycles. The normalized spacial score (nSPS) is 12.9. The number of hydrogen-bond donors (Lipinski definition) is 1. The molecule has 4 aromatic rings. The minimum atomic E-state index is -0.138. The monoisotopic (exact) mass is 492 g/mol. The molecule has 1 N–H and O–H groups in total. The number of nitrogens with one attached hydrogen (secondary N) is 1. The van der Waals surface area contributed by atoms with E-state index in [2.05, 4.69) is 33.1 Å². The lowest BCUT2D eigenvalue weighted by molar-refractivity contribution is 0.300. The number of nitrogens with zero attached hydrogens (tertiary/aromatic N) is 3. The molecule has 0 atom stereocenters.